The van der Waals surface area contributed by atoms with Gasteiger partial charge in [-0.25, -0.2) is 34.1 Å². The molecule has 50 heavy (non-hydrogen) atoms. The molecule has 2 aromatic carbocycles. The summed E-state index contributed by atoms with van der Waals surface area (Å²) in [5.41, 5.74) is 1.36. The van der Waals surface area contributed by atoms with Crippen molar-refractivity contribution in [1.82, 2.24) is 29.1 Å². The molecule has 4 aromatic heterocycles. The third-order valence-corrected chi connectivity index (χ3v) is 6.98. The van der Waals surface area contributed by atoms with Crippen molar-refractivity contribution >= 4 is 81.5 Å². The van der Waals surface area contributed by atoms with Gasteiger partial charge in [0, 0.05) is 17.5 Å². The third-order valence-electron chi connectivity index (χ3n) is 6.36. The van der Waals surface area contributed by atoms with E-state index >= 15 is 0 Å². The van der Waals surface area contributed by atoms with Crippen LogP contribution in [0.1, 0.15) is 41.5 Å². The zero-order valence-corrected chi connectivity index (χ0v) is 30.3. The molecule has 0 fully saturated rings. The largest absolute Gasteiger partial charge is 0.506 e. The number of hydrogen-bond acceptors (Lipinski definition) is 10. The first-order valence-corrected chi connectivity index (χ1v) is 16.2. The zero-order chi connectivity index (χ0) is 36.8. The maximum atomic E-state index is 12.7. The maximum absolute atomic E-state index is 12.7. The smallest absolute Gasteiger partial charge is 0.443 e. The average Bonchev–Trinajstić information content (AvgIpc) is 3.60. The molecule has 0 aliphatic rings. The normalized spacial score (nSPS) is 11.3. The third kappa shape index (κ3) is 10.3. The molecule has 2 N–H and O–H groups in total. The van der Waals surface area contributed by atoms with Crippen LogP contribution in [0.15, 0.2) is 85.5 Å². The van der Waals surface area contributed by atoms with Gasteiger partial charge in [-0.1, -0.05) is 71.2 Å². The molecule has 0 aliphatic carbocycles. The van der Waals surface area contributed by atoms with E-state index in [9.17, 15) is 19.6 Å². The van der Waals surface area contributed by atoms with Crippen LogP contribution in [0, 0.1) is 0 Å². The van der Waals surface area contributed by atoms with Crippen LogP contribution in [0.25, 0.3) is 33.2 Å². The lowest BCUT2D eigenvalue weighted by atomic mass is 9.86. The number of hydrogen-bond donors (Lipinski definition) is 2. The molecule has 6 rings (SSSR count). The van der Waals surface area contributed by atoms with Crippen molar-refractivity contribution in [3.63, 3.8) is 0 Å². The van der Waals surface area contributed by atoms with E-state index in [0.717, 1.165) is 16.3 Å². The number of para-hydroxylation sites is 2. The number of aromatic nitrogens is 6. The molecule has 4 heterocycles. The van der Waals surface area contributed by atoms with Crippen molar-refractivity contribution < 1.29 is 29.1 Å². The van der Waals surface area contributed by atoms with Crippen molar-refractivity contribution in [3.8, 4) is 11.4 Å². The topological polar surface area (TPSA) is 154 Å². The molecule has 260 valence electrons. The van der Waals surface area contributed by atoms with Crippen molar-refractivity contribution in [3.05, 3.63) is 101 Å². The van der Waals surface area contributed by atoms with Crippen LogP contribution in [0.4, 0.5) is 9.59 Å². The van der Waals surface area contributed by atoms with Gasteiger partial charge in [-0.3, -0.25) is 4.57 Å². The number of rotatable bonds is 2. The summed E-state index contributed by atoms with van der Waals surface area (Å²) < 4.78 is 13.5. The van der Waals surface area contributed by atoms with Gasteiger partial charge >= 0.3 is 19.3 Å². The molecular weight excluding hydrogens is 706 g/mol. The number of carbonyl (C=O) groups is 2. The van der Waals surface area contributed by atoms with E-state index in [0.29, 0.717) is 32.4 Å². The molecule has 0 saturated heterocycles. The fraction of sp³-hybridized carbons (Fsp3) is 0.235. The second-order valence-electron chi connectivity index (χ2n) is 12.6. The summed E-state index contributed by atoms with van der Waals surface area (Å²) in [5.74, 6) is 0. The van der Waals surface area contributed by atoms with Gasteiger partial charge in [-0.15, -0.1) is 0 Å². The van der Waals surface area contributed by atoms with E-state index in [2.05, 4.69) is 19.9 Å². The van der Waals surface area contributed by atoms with E-state index in [1.54, 1.807) is 51.1 Å². The van der Waals surface area contributed by atoms with Crippen molar-refractivity contribution in [2.24, 2.45) is 0 Å². The van der Waals surface area contributed by atoms with Crippen LogP contribution in [-0.4, -0.2) is 69.6 Å². The lowest BCUT2D eigenvalue weighted by molar-refractivity contribution is 0.0536. The molecule has 0 bridgehead atoms. The van der Waals surface area contributed by atoms with E-state index in [1.807, 2.05) is 57.2 Å². The fourth-order valence-electron chi connectivity index (χ4n) is 4.51. The summed E-state index contributed by atoms with van der Waals surface area (Å²) in [7, 11) is -1.74. The van der Waals surface area contributed by atoms with Gasteiger partial charge in [0.05, 0.1) is 28.0 Å². The Morgan fingerprint density at radius 3 is 1.54 bits per heavy atom. The molecule has 0 saturated carbocycles. The van der Waals surface area contributed by atoms with Gasteiger partial charge in [0.25, 0.3) is 0 Å². The highest BCUT2D eigenvalue weighted by atomic mass is 35.5. The first kappa shape index (κ1) is 38.3. The fourth-order valence-corrected chi connectivity index (χ4v) is 5.01. The summed E-state index contributed by atoms with van der Waals surface area (Å²) in [6, 6.07) is 21.2. The predicted octanol–water partition coefficient (Wildman–Crippen LogP) is 7.42. The van der Waals surface area contributed by atoms with Gasteiger partial charge in [-0.05, 0) is 71.2 Å². The highest BCUT2D eigenvalue weighted by molar-refractivity contribution is 6.59. The van der Waals surface area contributed by atoms with Crippen LogP contribution >= 0.6 is 34.8 Å². The minimum atomic E-state index is -1.74. The Labute approximate surface area is 303 Å². The Morgan fingerprint density at radius 1 is 0.640 bits per heavy atom. The number of benzene rings is 2. The summed E-state index contributed by atoms with van der Waals surface area (Å²) >= 11 is 16.8. The Balaban J connectivity index is 0.000000187. The molecule has 0 radical (unpaired) electrons. The monoisotopic (exact) mass is 738 g/mol. The summed E-state index contributed by atoms with van der Waals surface area (Å²) in [4.78, 5) is 40.2. The van der Waals surface area contributed by atoms with Crippen LogP contribution < -0.4 is 5.59 Å². The summed E-state index contributed by atoms with van der Waals surface area (Å²) in [6.07, 6.45) is 1.60. The number of ether oxygens (including phenoxy) is 2. The van der Waals surface area contributed by atoms with E-state index in [-0.39, 0.29) is 5.59 Å². The molecule has 0 spiro atoms. The Bertz CT molecular complexity index is 2110. The molecule has 16 heteroatoms. The van der Waals surface area contributed by atoms with Gasteiger partial charge in [-0.2, -0.15) is 0 Å². The first-order valence-electron chi connectivity index (χ1n) is 15.1. The van der Waals surface area contributed by atoms with Gasteiger partial charge in [0.1, 0.15) is 39.3 Å². The SMILES string of the molecule is CC(C)(C)OC(=O)n1c(-c2cc(Cl)ncn2)cc2ccccc21.CC(C)(C)OC(=O)n1c(B(O)O)cc2ccccc21.Clc1cc(Cl)ncn1. The highest BCUT2D eigenvalue weighted by Gasteiger charge is 2.27. The minimum Gasteiger partial charge on any atom is -0.443 e. The van der Waals surface area contributed by atoms with E-state index in [4.69, 9.17) is 44.3 Å². The number of nitrogens with zero attached hydrogens (tertiary/aromatic N) is 6. The van der Waals surface area contributed by atoms with Gasteiger partial charge in [0.15, 0.2) is 0 Å². The van der Waals surface area contributed by atoms with Gasteiger partial charge < -0.3 is 19.5 Å². The summed E-state index contributed by atoms with van der Waals surface area (Å²) in [6.45, 7) is 10.8. The van der Waals surface area contributed by atoms with Crippen molar-refractivity contribution in [1.29, 1.82) is 0 Å². The molecule has 0 atom stereocenters. The first-order chi connectivity index (χ1) is 23.4. The molecule has 0 aliphatic heterocycles. The molecule has 0 amide bonds. The van der Waals surface area contributed by atoms with Crippen molar-refractivity contribution in [2.45, 2.75) is 52.7 Å². The van der Waals surface area contributed by atoms with Crippen LogP contribution in [0.2, 0.25) is 15.5 Å². The summed E-state index contributed by atoms with van der Waals surface area (Å²) in [5, 5.41) is 21.5. The second-order valence-corrected chi connectivity index (χ2v) is 13.8. The Kier molecular flexibility index (Phi) is 12.3. The van der Waals surface area contributed by atoms with Crippen LogP contribution in [0.3, 0.4) is 0 Å². The molecule has 0 unspecified atom stereocenters. The lowest BCUT2D eigenvalue weighted by Gasteiger charge is -2.20. The Hall–Kier alpha value is -4.53. The highest BCUT2D eigenvalue weighted by Crippen LogP contribution is 2.29. The maximum Gasteiger partial charge on any atom is 0.506 e. The van der Waals surface area contributed by atoms with E-state index in [1.165, 1.54) is 27.9 Å². The van der Waals surface area contributed by atoms with Crippen LogP contribution in [0.5, 0.6) is 0 Å². The standard InChI is InChI=1S/C17H16ClN3O2.C13H16BNO4.C4H2Cl2N2/c1-17(2,3)23-16(22)21-13-7-5-4-6-11(13)8-14(21)12-9-15(18)20-10-19-12;1-13(2,3)19-12(16)15-10-7-5-4-6-9(10)8-11(15)14(17)18;5-3-1-4(6)8-2-7-3/h4-10H,1-3H3;4-8,17-18H,1-3H3;1-2H. The quantitative estimate of drug-likeness (QED) is 0.135. The van der Waals surface area contributed by atoms with Gasteiger partial charge in [0.2, 0.25) is 0 Å². The zero-order valence-electron chi connectivity index (χ0n) is 28.0. The number of fused-ring (bicyclic) bond motifs is 2. The van der Waals surface area contributed by atoms with E-state index < -0.39 is 30.5 Å². The number of carbonyl (C=O) groups excluding carboxylic acids is 2. The predicted molar refractivity (Wildman–Crippen MR) is 195 cm³/mol. The van der Waals surface area contributed by atoms with Crippen LogP contribution in [-0.2, 0) is 9.47 Å². The van der Waals surface area contributed by atoms with Crippen molar-refractivity contribution in [2.75, 3.05) is 0 Å². The average molecular weight is 740 g/mol. The second kappa shape index (κ2) is 16.0. The number of halogens is 3. The molecule has 12 nitrogen and oxygen atoms in total. The Morgan fingerprint density at radius 2 is 1.08 bits per heavy atom. The molecule has 6 aromatic rings. The lowest BCUT2D eigenvalue weighted by Crippen LogP contribution is -2.40. The minimum absolute atomic E-state index is 0.0930. The molecular formula is C34H34BCl3N6O6.